The second-order valence-corrected chi connectivity index (χ2v) is 4.35. The molecule has 2 N–H and O–H groups in total. The number of carboxylic acid groups (broad SMARTS) is 1. The lowest BCUT2D eigenvalue weighted by Gasteiger charge is -2.20. The average Bonchev–Trinajstić information content (AvgIpc) is 2.33. The van der Waals surface area contributed by atoms with Gasteiger partial charge in [0.2, 0.25) is 0 Å². The lowest BCUT2D eigenvalue weighted by atomic mass is 10.1. The molecule has 2 amide bonds. The highest BCUT2D eigenvalue weighted by atomic mass is 16.4. The molecular weight excluding hydrogens is 232 g/mol. The largest absolute Gasteiger partial charge is 0.481 e. The fourth-order valence-corrected chi connectivity index (χ4v) is 1.54. The van der Waals surface area contributed by atoms with Crippen LogP contribution in [0.4, 0.5) is 4.79 Å². The van der Waals surface area contributed by atoms with Gasteiger partial charge in [0.1, 0.15) is 0 Å². The summed E-state index contributed by atoms with van der Waals surface area (Å²) < 4.78 is 0. The summed E-state index contributed by atoms with van der Waals surface area (Å²) in [6.07, 6.45) is 3.84. The van der Waals surface area contributed by atoms with E-state index >= 15 is 0 Å². The van der Waals surface area contributed by atoms with Gasteiger partial charge >= 0.3 is 12.0 Å². The molecule has 5 nitrogen and oxygen atoms in total. The van der Waals surface area contributed by atoms with Crippen LogP contribution in [0.5, 0.6) is 0 Å². The van der Waals surface area contributed by atoms with Gasteiger partial charge in [-0.15, -0.1) is 6.58 Å². The highest BCUT2D eigenvalue weighted by molar-refractivity contribution is 5.74. The zero-order valence-corrected chi connectivity index (χ0v) is 11.3. The van der Waals surface area contributed by atoms with Crippen LogP contribution in [-0.2, 0) is 4.79 Å². The molecule has 5 heteroatoms. The van der Waals surface area contributed by atoms with Crippen LogP contribution >= 0.6 is 0 Å². The second-order valence-electron chi connectivity index (χ2n) is 4.35. The topological polar surface area (TPSA) is 69.6 Å². The normalized spacial score (nSPS) is 11.7. The third-order valence-electron chi connectivity index (χ3n) is 2.64. The van der Waals surface area contributed by atoms with Crippen LogP contribution in [0.2, 0.25) is 0 Å². The molecule has 18 heavy (non-hydrogen) atoms. The first-order chi connectivity index (χ1) is 8.52. The first-order valence-electron chi connectivity index (χ1n) is 6.39. The number of carbonyl (C=O) groups excluding carboxylic acids is 1. The number of carbonyl (C=O) groups is 2. The zero-order chi connectivity index (χ0) is 14.0. The summed E-state index contributed by atoms with van der Waals surface area (Å²) in [5.74, 6) is -1.15. The number of hydrogen-bond donors (Lipinski definition) is 2. The van der Waals surface area contributed by atoms with E-state index in [1.165, 1.54) is 0 Å². The molecule has 0 aliphatic heterocycles. The Morgan fingerprint density at radius 2 is 2.17 bits per heavy atom. The summed E-state index contributed by atoms with van der Waals surface area (Å²) in [5, 5.41) is 11.5. The summed E-state index contributed by atoms with van der Waals surface area (Å²) in [7, 11) is 0. The number of nitrogens with zero attached hydrogens (tertiary/aromatic N) is 1. The summed E-state index contributed by atoms with van der Waals surface area (Å²) in [6.45, 7) is 9.04. The standard InChI is InChI=1S/C13H24N2O3/c1-4-9-15(10-5-2)13(18)14-8-6-7-11(3)12(16)17/h4,11H,1,5-10H2,2-3H3,(H,14,18)(H,16,17). The average molecular weight is 256 g/mol. The molecule has 0 saturated carbocycles. The molecule has 0 heterocycles. The van der Waals surface area contributed by atoms with Crippen molar-refractivity contribution in [3.8, 4) is 0 Å². The van der Waals surface area contributed by atoms with Crippen LogP contribution in [0.25, 0.3) is 0 Å². The highest BCUT2D eigenvalue weighted by Crippen LogP contribution is 2.04. The summed E-state index contributed by atoms with van der Waals surface area (Å²) in [4.78, 5) is 24.0. The van der Waals surface area contributed by atoms with Crippen molar-refractivity contribution in [1.29, 1.82) is 0 Å². The van der Waals surface area contributed by atoms with E-state index in [-0.39, 0.29) is 11.9 Å². The van der Waals surface area contributed by atoms with Gasteiger partial charge in [0.05, 0.1) is 5.92 Å². The van der Waals surface area contributed by atoms with E-state index in [0.29, 0.717) is 32.5 Å². The van der Waals surface area contributed by atoms with Crippen molar-refractivity contribution < 1.29 is 14.7 Å². The first kappa shape index (κ1) is 16.5. The minimum Gasteiger partial charge on any atom is -0.481 e. The molecule has 1 unspecified atom stereocenters. The Hall–Kier alpha value is -1.52. The number of amides is 2. The van der Waals surface area contributed by atoms with Gasteiger partial charge in [0.25, 0.3) is 0 Å². The van der Waals surface area contributed by atoms with E-state index in [9.17, 15) is 9.59 Å². The second kappa shape index (κ2) is 9.50. The lowest BCUT2D eigenvalue weighted by molar-refractivity contribution is -0.141. The predicted molar refractivity (Wildman–Crippen MR) is 71.5 cm³/mol. The Bertz CT molecular complexity index is 279. The quantitative estimate of drug-likeness (QED) is 0.490. The molecule has 1 atom stereocenters. The maximum absolute atomic E-state index is 11.8. The third-order valence-corrected chi connectivity index (χ3v) is 2.64. The summed E-state index contributed by atoms with van der Waals surface area (Å²) >= 11 is 0. The first-order valence-corrected chi connectivity index (χ1v) is 6.39. The van der Waals surface area contributed by atoms with Crippen molar-refractivity contribution in [3.05, 3.63) is 12.7 Å². The Morgan fingerprint density at radius 1 is 1.50 bits per heavy atom. The SMILES string of the molecule is C=CCN(CCC)C(=O)NCCCC(C)C(=O)O. The molecule has 0 aromatic carbocycles. The van der Waals surface area contributed by atoms with Gasteiger partial charge in [-0.1, -0.05) is 19.9 Å². The van der Waals surface area contributed by atoms with Crippen LogP contribution in [0.1, 0.15) is 33.1 Å². The lowest BCUT2D eigenvalue weighted by Crippen LogP contribution is -2.40. The van der Waals surface area contributed by atoms with Crippen LogP contribution in [0, 0.1) is 5.92 Å². The number of carboxylic acids is 1. The molecule has 0 aliphatic carbocycles. The minimum absolute atomic E-state index is 0.111. The van der Waals surface area contributed by atoms with Gasteiger partial charge in [-0.3, -0.25) is 4.79 Å². The van der Waals surface area contributed by atoms with Crippen molar-refractivity contribution in [2.75, 3.05) is 19.6 Å². The van der Waals surface area contributed by atoms with E-state index in [1.54, 1.807) is 17.9 Å². The fraction of sp³-hybridized carbons (Fsp3) is 0.692. The van der Waals surface area contributed by atoms with E-state index in [1.807, 2.05) is 6.92 Å². The Balaban J connectivity index is 3.86. The third kappa shape index (κ3) is 6.93. The molecule has 0 spiro atoms. The molecule has 0 bridgehead atoms. The number of hydrogen-bond acceptors (Lipinski definition) is 2. The van der Waals surface area contributed by atoms with E-state index in [2.05, 4.69) is 11.9 Å². The van der Waals surface area contributed by atoms with Crippen molar-refractivity contribution in [1.82, 2.24) is 10.2 Å². The molecule has 0 rings (SSSR count). The van der Waals surface area contributed by atoms with Crippen LogP contribution in [-0.4, -0.2) is 41.6 Å². The monoisotopic (exact) mass is 256 g/mol. The van der Waals surface area contributed by atoms with Crippen LogP contribution in [0.15, 0.2) is 12.7 Å². The summed E-state index contributed by atoms with van der Waals surface area (Å²) in [5.41, 5.74) is 0. The van der Waals surface area contributed by atoms with Gasteiger partial charge in [0.15, 0.2) is 0 Å². The molecule has 0 radical (unpaired) electrons. The Kier molecular flexibility index (Phi) is 8.70. The van der Waals surface area contributed by atoms with Crippen LogP contribution in [0.3, 0.4) is 0 Å². The molecule has 0 aromatic rings. The molecular formula is C13H24N2O3. The molecule has 104 valence electrons. The minimum atomic E-state index is -0.791. The van der Waals surface area contributed by atoms with Gasteiger partial charge in [-0.25, -0.2) is 4.79 Å². The van der Waals surface area contributed by atoms with E-state index in [4.69, 9.17) is 5.11 Å². The van der Waals surface area contributed by atoms with Crippen LogP contribution < -0.4 is 5.32 Å². The van der Waals surface area contributed by atoms with Crippen molar-refractivity contribution in [2.45, 2.75) is 33.1 Å². The maximum atomic E-state index is 11.8. The smallest absolute Gasteiger partial charge is 0.317 e. The van der Waals surface area contributed by atoms with Gasteiger partial charge in [-0.2, -0.15) is 0 Å². The van der Waals surface area contributed by atoms with Crippen molar-refractivity contribution in [2.24, 2.45) is 5.92 Å². The highest BCUT2D eigenvalue weighted by Gasteiger charge is 2.12. The molecule has 0 aromatic heterocycles. The fourth-order valence-electron chi connectivity index (χ4n) is 1.54. The zero-order valence-electron chi connectivity index (χ0n) is 11.3. The Morgan fingerprint density at radius 3 is 2.67 bits per heavy atom. The van der Waals surface area contributed by atoms with Gasteiger partial charge < -0.3 is 15.3 Å². The number of rotatable bonds is 9. The van der Waals surface area contributed by atoms with Crippen molar-refractivity contribution in [3.63, 3.8) is 0 Å². The molecule has 0 aliphatic rings. The van der Waals surface area contributed by atoms with E-state index < -0.39 is 5.97 Å². The maximum Gasteiger partial charge on any atom is 0.317 e. The van der Waals surface area contributed by atoms with Gasteiger partial charge in [0, 0.05) is 19.6 Å². The number of urea groups is 1. The number of aliphatic carboxylic acids is 1. The molecule has 0 fully saturated rings. The molecule has 0 saturated heterocycles. The van der Waals surface area contributed by atoms with Gasteiger partial charge in [-0.05, 0) is 19.3 Å². The van der Waals surface area contributed by atoms with Crippen molar-refractivity contribution >= 4 is 12.0 Å². The number of nitrogens with one attached hydrogen (secondary N) is 1. The van der Waals surface area contributed by atoms with E-state index in [0.717, 1.165) is 6.42 Å². The predicted octanol–water partition coefficient (Wildman–Crippen LogP) is 2.09. The Labute approximate surface area is 109 Å². The summed E-state index contributed by atoms with van der Waals surface area (Å²) in [6, 6.07) is -0.111.